The molecule has 0 fully saturated rings. The van der Waals surface area contributed by atoms with E-state index in [2.05, 4.69) is 30.5 Å². The van der Waals surface area contributed by atoms with E-state index in [1.54, 1.807) is 17.3 Å². The zero-order valence-electron chi connectivity index (χ0n) is 36.3. The van der Waals surface area contributed by atoms with Crippen LogP contribution in [-0.2, 0) is 46.4 Å². The summed E-state index contributed by atoms with van der Waals surface area (Å²) in [5.74, 6) is 0.395. The Kier molecular flexibility index (Phi) is 15.3. The number of ether oxygens (including phenoxy) is 5. The first-order valence-electron chi connectivity index (χ1n) is 21.7. The van der Waals surface area contributed by atoms with Gasteiger partial charge in [0.1, 0.15) is 17.0 Å². The minimum Gasteiger partial charge on any atom is -0.453 e. The molecule has 0 saturated heterocycles. The number of likely N-dealkylation sites (N-methyl/N-ethyl adjacent to an activating group) is 1. The number of carbonyl (C=O) groups is 2. The Labute approximate surface area is 375 Å². The zero-order valence-corrected chi connectivity index (χ0v) is 36.3. The minimum absolute atomic E-state index is 0.0979. The lowest BCUT2D eigenvalue weighted by Crippen LogP contribution is -2.33. The SMILES string of the molecule is CN(CCOCCOCCOCCOCCOCCn1nnc2c1-c1ccccc1CN(C(=O)CCNC=O)c1ccccc1-2)c1ccc(-c2cc(=O)c3ccc4[nH]cnc4c3o2)cc1. The van der Waals surface area contributed by atoms with Gasteiger partial charge in [-0.05, 0) is 48.0 Å². The maximum Gasteiger partial charge on any atom is 0.229 e. The lowest BCUT2D eigenvalue weighted by molar-refractivity contribution is -0.118. The maximum atomic E-state index is 13.4. The molecule has 1 aliphatic heterocycles. The number of aromatic amines is 1. The summed E-state index contributed by atoms with van der Waals surface area (Å²) in [4.78, 5) is 48.2. The lowest BCUT2D eigenvalue weighted by atomic mass is 9.95. The average molecular weight is 885 g/mol. The second-order valence-electron chi connectivity index (χ2n) is 15.2. The topological polar surface area (TPSA) is 188 Å². The van der Waals surface area contributed by atoms with E-state index in [0.29, 0.717) is 120 Å². The number of para-hydroxylation sites is 1. The summed E-state index contributed by atoms with van der Waals surface area (Å²) >= 11 is 0. The van der Waals surface area contributed by atoms with Crippen LogP contribution in [0.3, 0.4) is 0 Å². The second-order valence-corrected chi connectivity index (χ2v) is 15.2. The first-order valence-corrected chi connectivity index (χ1v) is 21.7. The number of rotatable bonds is 24. The van der Waals surface area contributed by atoms with Crippen LogP contribution in [0.1, 0.15) is 12.0 Å². The van der Waals surface area contributed by atoms with Gasteiger partial charge in [-0.2, -0.15) is 0 Å². The van der Waals surface area contributed by atoms with E-state index >= 15 is 0 Å². The number of nitrogens with one attached hydrogen (secondary N) is 2. The van der Waals surface area contributed by atoms with E-state index in [4.69, 9.17) is 28.1 Å². The third kappa shape index (κ3) is 11.0. The normalized spacial score (nSPS) is 12.1. The maximum absolute atomic E-state index is 13.4. The molecule has 338 valence electrons. The molecule has 0 spiro atoms. The van der Waals surface area contributed by atoms with Crippen molar-refractivity contribution in [1.82, 2.24) is 30.3 Å². The van der Waals surface area contributed by atoms with Crippen LogP contribution in [0.15, 0.2) is 107 Å². The van der Waals surface area contributed by atoms with Crippen LogP contribution < -0.4 is 20.5 Å². The largest absolute Gasteiger partial charge is 0.453 e. The number of nitrogens with zero attached hydrogens (tertiary/aromatic N) is 6. The molecule has 3 aromatic heterocycles. The Morgan fingerprint density at radius 2 is 1.51 bits per heavy atom. The third-order valence-corrected chi connectivity index (χ3v) is 11.0. The molecule has 2 amide bonds. The van der Waals surface area contributed by atoms with Crippen LogP contribution in [0.2, 0.25) is 0 Å². The van der Waals surface area contributed by atoms with E-state index in [-0.39, 0.29) is 24.3 Å². The number of imidazole rings is 1. The molecular weight excluding hydrogens is 833 g/mol. The van der Waals surface area contributed by atoms with Crippen LogP contribution in [-0.4, -0.2) is 123 Å². The van der Waals surface area contributed by atoms with Gasteiger partial charge in [0, 0.05) is 55.0 Å². The van der Waals surface area contributed by atoms with E-state index in [0.717, 1.165) is 44.8 Å². The van der Waals surface area contributed by atoms with Gasteiger partial charge in [0.05, 0.1) is 108 Å². The second kappa shape index (κ2) is 22.2. The van der Waals surface area contributed by atoms with E-state index in [1.807, 2.05) is 90.6 Å². The van der Waals surface area contributed by atoms with Gasteiger partial charge in [0.25, 0.3) is 0 Å². The molecule has 17 heteroatoms. The Morgan fingerprint density at radius 3 is 2.25 bits per heavy atom. The first kappa shape index (κ1) is 44.8. The quantitative estimate of drug-likeness (QED) is 0.0576. The number of amides is 2. The van der Waals surface area contributed by atoms with Crippen LogP contribution in [0.4, 0.5) is 11.4 Å². The Morgan fingerprint density at radius 1 is 0.831 bits per heavy atom. The fourth-order valence-corrected chi connectivity index (χ4v) is 7.67. The van der Waals surface area contributed by atoms with Gasteiger partial charge >= 0.3 is 0 Å². The monoisotopic (exact) mass is 884 g/mol. The number of hydrogen-bond donors (Lipinski definition) is 2. The molecule has 65 heavy (non-hydrogen) atoms. The average Bonchev–Trinajstić information content (AvgIpc) is 3.99. The number of aromatic nitrogens is 5. The van der Waals surface area contributed by atoms with Crippen molar-refractivity contribution in [2.75, 3.05) is 96.0 Å². The number of benzene rings is 4. The molecule has 7 aromatic rings. The summed E-state index contributed by atoms with van der Waals surface area (Å²) in [6.07, 6.45) is 2.36. The van der Waals surface area contributed by atoms with E-state index < -0.39 is 0 Å². The molecule has 2 N–H and O–H groups in total. The fraction of sp³-hybridized carbons (Fsp3) is 0.333. The molecule has 0 bridgehead atoms. The van der Waals surface area contributed by atoms with Crippen molar-refractivity contribution in [3.05, 3.63) is 113 Å². The Hall–Kier alpha value is -6.76. The van der Waals surface area contributed by atoms with Crippen molar-refractivity contribution in [3.8, 4) is 33.8 Å². The third-order valence-electron chi connectivity index (χ3n) is 11.0. The molecule has 0 atom stereocenters. The molecule has 0 radical (unpaired) electrons. The summed E-state index contributed by atoms with van der Waals surface area (Å²) < 4.78 is 36.7. The summed E-state index contributed by atoms with van der Waals surface area (Å²) in [6, 6.07) is 28.6. The Balaban J connectivity index is 0.674. The molecule has 4 heterocycles. The van der Waals surface area contributed by atoms with Gasteiger partial charge < -0.3 is 48.2 Å². The van der Waals surface area contributed by atoms with Crippen LogP contribution >= 0.6 is 0 Å². The number of carbonyl (C=O) groups excluding carboxylic acids is 2. The van der Waals surface area contributed by atoms with Crippen molar-refractivity contribution >= 4 is 45.7 Å². The highest BCUT2D eigenvalue weighted by Crippen LogP contribution is 2.41. The van der Waals surface area contributed by atoms with Crippen molar-refractivity contribution in [1.29, 1.82) is 0 Å². The molecule has 17 nitrogen and oxygen atoms in total. The van der Waals surface area contributed by atoms with Gasteiger partial charge in [-0.15, -0.1) is 5.10 Å². The van der Waals surface area contributed by atoms with Crippen LogP contribution in [0.5, 0.6) is 0 Å². The number of fused-ring (bicyclic) bond motifs is 8. The predicted molar refractivity (Wildman–Crippen MR) is 246 cm³/mol. The molecular formula is C48H52N8O9. The zero-order chi connectivity index (χ0) is 44.8. The smallest absolute Gasteiger partial charge is 0.229 e. The summed E-state index contributed by atoms with van der Waals surface area (Å²) in [5, 5.41) is 12.2. The number of hydrogen-bond acceptors (Lipinski definition) is 13. The summed E-state index contributed by atoms with van der Waals surface area (Å²) in [7, 11) is 2.00. The van der Waals surface area contributed by atoms with Crippen molar-refractivity contribution in [2.45, 2.75) is 19.5 Å². The molecule has 0 aliphatic carbocycles. The molecule has 1 aliphatic rings. The number of H-pyrrole nitrogens is 1. The van der Waals surface area contributed by atoms with Crippen molar-refractivity contribution in [2.24, 2.45) is 0 Å². The van der Waals surface area contributed by atoms with E-state index in [1.165, 1.54) is 6.07 Å². The van der Waals surface area contributed by atoms with Gasteiger partial charge in [-0.1, -0.05) is 47.7 Å². The van der Waals surface area contributed by atoms with Gasteiger partial charge in [0.2, 0.25) is 12.3 Å². The standard InChI is InChI=1S/C48H52N8O9/c1-54(36-12-10-34(11-13-36)43-30-42(58)39-14-15-40-46(48(39)65-43)51-32-50-40)18-20-60-22-24-62-26-28-64-29-27-63-25-23-61-21-19-56-47-37-7-3-2-6-35(37)31-55(44(59)16-17-49-33-57)41-9-5-4-8-38(41)45(47)52-53-56/h2-15,30,32-33H,16-29,31H2,1H3,(H,49,57)(H,50,51). The summed E-state index contributed by atoms with van der Waals surface area (Å²) in [6.45, 7) is 6.34. The lowest BCUT2D eigenvalue weighted by Gasteiger charge is -2.28. The van der Waals surface area contributed by atoms with Gasteiger partial charge in [0.15, 0.2) is 11.0 Å². The van der Waals surface area contributed by atoms with Gasteiger partial charge in [-0.25, -0.2) is 9.67 Å². The van der Waals surface area contributed by atoms with Crippen LogP contribution in [0, 0.1) is 0 Å². The molecule has 4 aromatic carbocycles. The van der Waals surface area contributed by atoms with Crippen molar-refractivity contribution < 1.29 is 37.7 Å². The van der Waals surface area contributed by atoms with Crippen LogP contribution in [0.25, 0.3) is 55.8 Å². The fourth-order valence-electron chi connectivity index (χ4n) is 7.67. The highest BCUT2D eigenvalue weighted by atomic mass is 16.6. The molecule has 8 rings (SSSR count). The Bertz CT molecular complexity index is 2730. The minimum atomic E-state index is -0.109. The molecule has 0 unspecified atom stereocenters. The van der Waals surface area contributed by atoms with Crippen molar-refractivity contribution in [3.63, 3.8) is 0 Å². The van der Waals surface area contributed by atoms with Gasteiger partial charge in [-0.3, -0.25) is 14.4 Å². The highest BCUT2D eigenvalue weighted by Gasteiger charge is 2.29. The van der Waals surface area contributed by atoms with E-state index in [9.17, 15) is 14.4 Å². The first-order chi connectivity index (χ1) is 32.0. The number of anilines is 2. The predicted octanol–water partition coefficient (Wildman–Crippen LogP) is 5.46. The molecule has 0 saturated carbocycles. The summed E-state index contributed by atoms with van der Waals surface area (Å²) in [5.41, 5.74) is 8.65. The highest BCUT2D eigenvalue weighted by molar-refractivity contribution is 6.01.